The Labute approximate surface area is 374 Å². The van der Waals surface area contributed by atoms with E-state index in [0.717, 1.165) is 33.8 Å². The van der Waals surface area contributed by atoms with Gasteiger partial charge in [0.25, 0.3) is 0 Å². The molecule has 12 aromatic rings. The monoisotopic (exact) mass is 839 g/mol. The van der Waals surface area contributed by atoms with Crippen LogP contribution in [0.25, 0.3) is 86.3 Å². The summed E-state index contributed by atoms with van der Waals surface area (Å²) >= 11 is 1.86. The number of aryl methyl sites for hydroxylation is 1. The molecule has 1 aliphatic rings. The van der Waals surface area contributed by atoms with Gasteiger partial charge in [0, 0.05) is 58.7 Å². The zero-order chi connectivity index (χ0) is 42.3. The highest BCUT2D eigenvalue weighted by Crippen LogP contribution is 2.44. The van der Waals surface area contributed by atoms with Crippen molar-refractivity contribution in [1.29, 1.82) is 0 Å². The SMILES string of the molecule is Cc1cc(C2N=C(c3cccc(-c4ccccc4)c3)NC(c3ccccc3)N2)ccc1-n1c2ccccc2c2ccc3c(c4ccccc4n3-c3ccc4sc5ccccc5c4c3)c21. The number of aromatic nitrogens is 2. The molecule has 0 radical (unpaired) electrons. The van der Waals surface area contributed by atoms with Gasteiger partial charge in [-0.05, 0) is 89.3 Å². The van der Waals surface area contributed by atoms with Gasteiger partial charge in [-0.2, -0.15) is 0 Å². The maximum absolute atomic E-state index is 5.39. The van der Waals surface area contributed by atoms with Crippen LogP contribution in [-0.2, 0) is 0 Å². The van der Waals surface area contributed by atoms with Crippen LogP contribution in [0.5, 0.6) is 0 Å². The number of hydrogen-bond acceptors (Lipinski definition) is 4. The fourth-order valence-electron chi connectivity index (χ4n) is 10.2. The Morgan fingerprint density at radius 3 is 1.98 bits per heavy atom. The number of benzene rings is 9. The highest BCUT2D eigenvalue weighted by molar-refractivity contribution is 7.25. The van der Waals surface area contributed by atoms with Gasteiger partial charge < -0.3 is 14.5 Å². The Balaban J connectivity index is 0.979. The van der Waals surface area contributed by atoms with E-state index in [1.54, 1.807) is 0 Å². The van der Waals surface area contributed by atoms with E-state index in [1.807, 2.05) is 11.3 Å². The van der Waals surface area contributed by atoms with Crippen LogP contribution >= 0.6 is 11.3 Å². The van der Waals surface area contributed by atoms with E-state index in [-0.39, 0.29) is 12.3 Å². The molecule has 4 heterocycles. The summed E-state index contributed by atoms with van der Waals surface area (Å²) in [6, 6.07) is 74.9. The van der Waals surface area contributed by atoms with Gasteiger partial charge in [-0.3, -0.25) is 5.32 Å². The quantitative estimate of drug-likeness (QED) is 0.175. The highest BCUT2D eigenvalue weighted by atomic mass is 32.1. The summed E-state index contributed by atoms with van der Waals surface area (Å²) in [7, 11) is 0. The first-order chi connectivity index (χ1) is 31.6. The van der Waals surface area contributed by atoms with Gasteiger partial charge in [0.2, 0.25) is 0 Å². The molecule has 64 heavy (non-hydrogen) atoms. The molecule has 0 amide bonds. The average molecular weight is 840 g/mol. The lowest BCUT2D eigenvalue weighted by molar-refractivity contribution is 0.409. The second kappa shape index (κ2) is 14.7. The molecule has 2 unspecified atom stereocenters. The summed E-state index contributed by atoms with van der Waals surface area (Å²) in [6.45, 7) is 2.24. The molecular weight excluding hydrogens is 799 g/mol. The topological polar surface area (TPSA) is 46.3 Å². The number of thiophene rings is 1. The summed E-state index contributed by atoms with van der Waals surface area (Å²) in [4.78, 5) is 5.39. The summed E-state index contributed by atoms with van der Waals surface area (Å²) in [5.74, 6) is 0.865. The smallest absolute Gasteiger partial charge is 0.131 e. The van der Waals surface area contributed by atoms with Gasteiger partial charge in [0.1, 0.15) is 18.2 Å². The van der Waals surface area contributed by atoms with Crippen LogP contribution in [0.2, 0.25) is 0 Å². The van der Waals surface area contributed by atoms with E-state index in [1.165, 1.54) is 80.6 Å². The highest BCUT2D eigenvalue weighted by Gasteiger charge is 2.27. The third-order valence-electron chi connectivity index (χ3n) is 13.1. The fourth-order valence-corrected chi connectivity index (χ4v) is 11.2. The largest absolute Gasteiger partial charge is 0.350 e. The number of nitrogens with one attached hydrogen (secondary N) is 2. The van der Waals surface area contributed by atoms with E-state index in [0.29, 0.717) is 0 Å². The van der Waals surface area contributed by atoms with Gasteiger partial charge in [0.05, 0.1) is 22.1 Å². The molecule has 304 valence electrons. The molecule has 0 aliphatic carbocycles. The lowest BCUT2D eigenvalue weighted by Crippen LogP contribution is -2.45. The van der Waals surface area contributed by atoms with Gasteiger partial charge in [-0.15, -0.1) is 11.3 Å². The minimum Gasteiger partial charge on any atom is -0.350 e. The number of amidine groups is 1. The number of hydrogen-bond donors (Lipinski definition) is 2. The van der Waals surface area contributed by atoms with Crippen molar-refractivity contribution in [2.24, 2.45) is 4.99 Å². The van der Waals surface area contributed by atoms with Crippen molar-refractivity contribution in [3.63, 3.8) is 0 Å². The molecular formula is C58H41N5S. The predicted octanol–water partition coefficient (Wildman–Crippen LogP) is 14.6. The zero-order valence-electron chi connectivity index (χ0n) is 35.0. The Kier molecular flexibility index (Phi) is 8.44. The van der Waals surface area contributed by atoms with Crippen molar-refractivity contribution in [3.05, 3.63) is 229 Å². The normalized spacial score (nSPS) is 15.4. The van der Waals surface area contributed by atoms with Crippen molar-refractivity contribution >= 4 is 81.0 Å². The van der Waals surface area contributed by atoms with Crippen molar-refractivity contribution in [2.45, 2.75) is 19.3 Å². The lowest BCUT2D eigenvalue weighted by atomic mass is 10.0. The first kappa shape index (κ1) is 36.8. The lowest BCUT2D eigenvalue weighted by Gasteiger charge is -2.32. The van der Waals surface area contributed by atoms with Crippen molar-refractivity contribution in [2.75, 3.05) is 0 Å². The van der Waals surface area contributed by atoms with Crippen molar-refractivity contribution in [1.82, 2.24) is 19.8 Å². The first-order valence-electron chi connectivity index (χ1n) is 21.9. The second-order valence-electron chi connectivity index (χ2n) is 16.9. The van der Waals surface area contributed by atoms with Crippen molar-refractivity contribution < 1.29 is 0 Å². The third kappa shape index (κ3) is 5.84. The number of rotatable bonds is 6. The number of aliphatic imine (C=N–C) groups is 1. The van der Waals surface area contributed by atoms with Crippen LogP contribution in [0.1, 0.15) is 34.6 Å². The van der Waals surface area contributed by atoms with Crippen LogP contribution in [-0.4, -0.2) is 15.0 Å². The van der Waals surface area contributed by atoms with Crippen LogP contribution in [0.3, 0.4) is 0 Å². The molecule has 0 saturated carbocycles. The molecule has 2 N–H and O–H groups in total. The summed E-state index contributed by atoms with van der Waals surface area (Å²) in [5.41, 5.74) is 13.9. The van der Waals surface area contributed by atoms with E-state index in [2.05, 4.69) is 233 Å². The first-order valence-corrected chi connectivity index (χ1v) is 22.8. The molecule has 9 aromatic carbocycles. The standard InChI is InChI=1S/C58H41N5S/c1-36-33-41(58-60-56(38-17-6-3-7-18-38)59-57(61-58)40-20-14-19-39(34-40)37-15-4-2-5-16-37)27-30-48(36)63-49-24-11-8-21-43(49)45-29-31-51-54(55(45)63)46-23-9-12-25-50(46)62(51)42-28-32-53-47(35-42)44-22-10-13-26-52(44)64-53/h2-35,56,58,60H,1H3,(H,59,61). The Hall–Kier alpha value is -7.77. The van der Waals surface area contributed by atoms with E-state index >= 15 is 0 Å². The Bertz CT molecular complexity index is 3820. The average Bonchev–Trinajstić information content (AvgIpc) is 4.02. The molecule has 0 spiro atoms. The fraction of sp³-hybridized carbons (Fsp3) is 0.0517. The molecule has 0 fully saturated rings. The molecule has 6 heteroatoms. The van der Waals surface area contributed by atoms with Gasteiger partial charge >= 0.3 is 0 Å². The molecule has 5 nitrogen and oxygen atoms in total. The minimum absolute atomic E-state index is 0.138. The maximum Gasteiger partial charge on any atom is 0.131 e. The summed E-state index contributed by atoms with van der Waals surface area (Å²) in [5, 5.41) is 15.2. The van der Waals surface area contributed by atoms with Crippen LogP contribution in [0.15, 0.2) is 211 Å². The Morgan fingerprint density at radius 2 is 1.16 bits per heavy atom. The van der Waals surface area contributed by atoms with Crippen LogP contribution in [0, 0.1) is 6.92 Å². The Morgan fingerprint density at radius 1 is 0.469 bits per heavy atom. The predicted molar refractivity (Wildman–Crippen MR) is 269 cm³/mol. The van der Waals surface area contributed by atoms with Gasteiger partial charge in [0.15, 0.2) is 0 Å². The maximum atomic E-state index is 5.39. The van der Waals surface area contributed by atoms with Gasteiger partial charge in [-0.1, -0.05) is 152 Å². The molecule has 3 aromatic heterocycles. The third-order valence-corrected chi connectivity index (χ3v) is 14.3. The van der Waals surface area contributed by atoms with Crippen molar-refractivity contribution in [3.8, 4) is 22.5 Å². The molecule has 0 bridgehead atoms. The summed E-state index contributed by atoms with van der Waals surface area (Å²) < 4.78 is 7.59. The van der Waals surface area contributed by atoms with E-state index in [9.17, 15) is 0 Å². The number of fused-ring (bicyclic) bond motifs is 10. The zero-order valence-corrected chi connectivity index (χ0v) is 35.9. The second-order valence-corrected chi connectivity index (χ2v) is 18.0. The van der Waals surface area contributed by atoms with E-state index < -0.39 is 0 Å². The van der Waals surface area contributed by atoms with E-state index in [4.69, 9.17) is 4.99 Å². The minimum atomic E-state index is -0.282. The molecule has 2 atom stereocenters. The number of nitrogens with zero attached hydrogens (tertiary/aromatic N) is 3. The molecule has 1 aliphatic heterocycles. The van der Waals surface area contributed by atoms with Crippen LogP contribution in [0.4, 0.5) is 0 Å². The van der Waals surface area contributed by atoms with Crippen LogP contribution < -0.4 is 10.6 Å². The number of para-hydroxylation sites is 2. The summed E-state index contributed by atoms with van der Waals surface area (Å²) in [6.07, 6.45) is -0.420. The van der Waals surface area contributed by atoms with Gasteiger partial charge in [-0.25, -0.2) is 4.99 Å². The molecule has 0 saturated heterocycles. The molecule has 13 rings (SSSR count).